The fourth-order valence-electron chi connectivity index (χ4n) is 1.60. The minimum Gasteiger partial charge on any atom is -0.428 e. The van der Waals surface area contributed by atoms with Crippen LogP contribution in [0.1, 0.15) is 17.3 Å². The number of hydrogen-bond donors (Lipinski definition) is 1. The zero-order chi connectivity index (χ0) is 11.4. The normalized spacial score (nSPS) is 23.6. The van der Waals surface area contributed by atoms with Gasteiger partial charge in [0.25, 0.3) is 0 Å². The van der Waals surface area contributed by atoms with E-state index in [1.807, 2.05) is 6.07 Å². The molecule has 1 aromatic rings. The summed E-state index contributed by atoms with van der Waals surface area (Å²) in [7, 11) is 0. The van der Waals surface area contributed by atoms with Gasteiger partial charge in [-0.15, -0.1) is 12.4 Å². The van der Waals surface area contributed by atoms with Crippen LogP contribution in [0, 0.1) is 0 Å². The molecular formula is C12H16ClNO3. The van der Waals surface area contributed by atoms with E-state index in [-0.39, 0.29) is 18.4 Å². The van der Waals surface area contributed by atoms with E-state index >= 15 is 0 Å². The van der Waals surface area contributed by atoms with Gasteiger partial charge in [0.05, 0.1) is 18.7 Å². The summed E-state index contributed by atoms with van der Waals surface area (Å²) in [6, 6.07) is 8.92. The Kier molecular flexibility index (Phi) is 4.93. The molecule has 1 N–H and O–H groups in total. The molecule has 94 valence electrons. The molecule has 1 aromatic carbocycles. The van der Waals surface area contributed by atoms with E-state index in [0.29, 0.717) is 18.7 Å². The van der Waals surface area contributed by atoms with Gasteiger partial charge in [-0.25, -0.2) is 4.79 Å². The quantitative estimate of drug-likeness (QED) is 0.818. The molecule has 1 unspecified atom stereocenters. The number of nitrogens with one attached hydrogen (secondary N) is 1. The van der Waals surface area contributed by atoms with Crippen molar-refractivity contribution >= 4 is 18.4 Å². The highest BCUT2D eigenvalue weighted by molar-refractivity contribution is 5.89. The second-order valence-electron chi connectivity index (χ2n) is 3.91. The molecule has 4 nitrogen and oxygen atoms in total. The van der Waals surface area contributed by atoms with Gasteiger partial charge in [-0.3, -0.25) is 0 Å². The number of ether oxygens (including phenoxy) is 2. The monoisotopic (exact) mass is 257 g/mol. The summed E-state index contributed by atoms with van der Waals surface area (Å²) in [5, 5.41) is 3.13. The lowest BCUT2D eigenvalue weighted by atomic mass is 10.2. The van der Waals surface area contributed by atoms with Crippen molar-refractivity contribution in [1.29, 1.82) is 0 Å². The highest BCUT2D eigenvalue weighted by Crippen LogP contribution is 2.16. The van der Waals surface area contributed by atoms with Gasteiger partial charge < -0.3 is 14.8 Å². The Morgan fingerprint density at radius 2 is 2.12 bits per heavy atom. The highest BCUT2D eigenvalue weighted by atomic mass is 35.5. The van der Waals surface area contributed by atoms with Crippen molar-refractivity contribution in [3.05, 3.63) is 35.9 Å². The second kappa shape index (κ2) is 6.00. The van der Waals surface area contributed by atoms with Crippen LogP contribution in [0.5, 0.6) is 0 Å². The second-order valence-corrected chi connectivity index (χ2v) is 3.91. The Morgan fingerprint density at radius 1 is 1.41 bits per heavy atom. The smallest absolute Gasteiger partial charge is 0.340 e. The van der Waals surface area contributed by atoms with E-state index in [2.05, 4.69) is 5.32 Å². The number of benzene rings is 1. The van der Waals surface area contributed by atoms with E-state index in [9.17, 15) is 4.79 Å². The standard InChI is InChI=1S/C12H15NO3.ClH/c1-12(9-13-7-8-15-12)16-11(14)10-5-3-2-4-6-10;/h2-6,13H,7-9H2,1H3;1H. The zero-order valence-corrected chi connectivity index (χ0v) is 10.5. The first-order valence-corrected chi connectivity index (χ1v) is 5.33. The SMILES string of the molecule is CC1(OC(=O)c2ccccc2)CNCCO1.Cl. The summed E-state index contributed by atoms with van der Waals surface area (Å²) in [5.41, 5.74) is 0.540. The molecule has 1 saturated heterocycles. The van der Waals surface area contributed by atoms with Gasteiger partial charge in [0, 0.05) is 13.5 Å². The third-order valence-electron chi connectivity index (χ3n) is 2.45. The number of esters is 1. The van der Waals surface area contributed by atoms with Crippen LogP contribution < -0.4 is 5.32 Å². The van der Waals surface area contributed by atoms with Crippen molar-refractivity contribution in [2.45, 2.75) is 12.7 Å². The minimum atomic E-state index is -0.856. The Labute approximate surface area is 107 Å². The first-order valence-electron chi connectivity index (χ1n) is 5.33. The maximum absolute atomic E-state index is 11.8. The number of carbonyl (C=O) groups is 1. The highest BCUT2D eigenvalue weighted by Gasteiger charge is 2.32. The van der Waals surface area contributed by atoms with Crippen molar-refractivity contribution in [3.63, 3.8) is 0 Å². The molecule has 1 atom stereocenters. The van der Waals surface area contributed by atoms with Crippen LogP contribution in [0.3, 0.4) is 0 Å². The summed E-state index contributed by atoms with van der Waals surface area (Å²) < 4.78 is 10.8. The largest absolute Gasteiger partial charge is 0.428 e. The van der Waals surface area contributed by atoms with Crippen LogP contribution in [-0.2, 0) is 9.47 Å². The van der Waals surface area contributed by atoms with Crippen LogP contribution in [0.2, 0.25) is 0 Å². The Balaban J connectivity index is 0.00000144. The lowest BCUT2D eigenvalue weighted by Crippen LogP contribution is -2.50. The van der Waals surface area contributed by atoms with Crippen molar-refractivity contribution in [2.24, 2.45) is 0 Å². The minimum absolute atomic E-state index is 0. The van der Waals surface area contributed by atoms with Crippen LogP contribution >= 0.6 is 12.4 Å². The molecule has 0 bridgehead atoms. The number of carbonyl (C=O) groups excluding carboxylic acids is 1. The summed E-state index contributed by atoms with van der Waals surface area (Å²) >= 11 is 0. The predicted octanol–water partition coefficient (Wildman–Crippen LogP) is 1.60. The van der Waals surface area contributed by atoms with E-state index in [1.165, 1.54) is 0 Å². The average molecular weight is 258 g/mol. The Hall–Kier alpha value is -1.10. The van der Waals surface area contributed by atoms with Gasteiger partial charge in [-0.1, -0.05) is 18.2 Å². The van der Waals surface area contributed by atoms with Crippen LogP contribution in [0.25, 0.3) is 0 Å². The Bertz CT molecular complexity index is 363. The molecule has 5 heteroatoms. The van der Waals surface area contributed by atoms with Gasteiger partial charge in [-0.05, 0) is 12.1 Å². The lowest BCUT2D eigenvalue weighted by molar-refractivity contribution is -0.201. The number of rotatable bonds is 2. The van der Waals surface area contributed by atoms with Gasteiger partial charge in [-0.2, -0.15) is 0 Å². The van der Waals surface area contributed by atoms with Gasteiger partial charge in [0.2, 0.25) is 5.79 Å². The van der Waals surface area contributed by atoms with Crippen molar-refractivity contribution < 1.29 is 14.3 Å². The molecule has 1 fully saturated rings. The maximum Gasteiger partial charge on any atom is 0.340 e. The van der Waals surface area contributed by atoms with Crippen molar-refractivity contribution in [2.75, 3.05) is 19.7 Å². The molecule has 17 heavy (non-hydrogen) atoms. The first kappa shape index (κ1) is 14.0. The fourth-order valence-corrected chi connectivity index (χ4v) is 1.60. The molecule has 1 aliphatic heterocycles. The van der Waals surface area contributed by atoms with Gasteiger partial charge >= 0.3 is 5.97 Å². The van der Waals surface area contributed by atoms with Gasteiger partial charge in [0.15, 0.2) is 0 Å². The molecule has 0 saturated carbocycles. The molecule has 2 rings (SSSR count). The van der Waals surface area contributed by atoms with Crippen LogP contribution in [-0.4, -0.2) is 31.5 Å². The topological polar surface area (TPSA) is 47.6 Å². The molecule has 0 aromatic heterocycles. The van der Waals surface area contributed by atoms with Crippen molar-refractivity contribution in [1.82, 2.24) is 5.32 Å². The first-order chi connectivity index (χ1) is 7.70. The Morgan fingerprint density at radius 3 is 2.71 bits per heavy atom. The number of hydrogen-bond acceptors (Lipinski definition) is 4. The third kappa shape index (κ3) is 3.70. The molecular weight excluding hydrogens is 242 g/mol. The fraction of sp³-hybridized carbons (Fsp3) is 0.417. The molecule has 0 amide bonds. The van der Waals surface area contributed by atoms with Crippen molar-refractivity contribution in [3.8, 4) is 0 Å². The summed E-state index contributed by atoms with van der Waals surface area (Å²) in [5.74, 6) is -1.21. The number of halogens is 1. The summed E-state index contributed by atoms with van der Waals surface area (Å²) in [6.07, 6.45) is 0. The van der Waals surface area contributed by atoms with Crippen LogP contribution in [0.15, 0.2) is 30.3 Å². The third-order valence-corrected chi connectivity index (χ3v) is 2.45. The summed E-state index contributed by atoms with van der Waals surface area (Å²) in [6.45, 7) is 3.63. The molecule has 1 heterocycles. The average Bonchev–Trinajstić information content (AvgIpc) is 2.30. The lowest BCUT2D eigenvalue weighted by Gasteiger charge is -2.33. The summed E-state index contributed by atoms with van der Waals surface area (Å²) in [4.78, 5) is 11.8. The molecule has 1 aliphatic rings. The zero-order valence-electron chi connectivity index (χ0n) is 9.64. The van der Waals surface area contributed by atoms with Gasteiger partial charge in [0.1, 0.15) is 0 Å². The molecule has 0 aliphatic carbocycles. The molecule has 0 radical (unpaired) electrons. The van der Waals surface area contributed by atoms with E-state index in [0.717, 1.165) is 6.54 Å². The van der Waals surface area contributed by atoms with Crippen LogP contribution in [0.4, 0.5) is 0 Å². The maximum atomic E-state index is 11.8. The number of morpholine rings is 1. The van der Waals surface area contributed by atoms with E-state index in [1.54, 1.807) is 31.2 Å². The molecule has 0 spiro atoms. The van der Waals surface area contributed by atoms with E-state index < -0.39 is 5.79 Å². The predicted molar refractivity (Wildman–Crippen MR) is 66.3 cm³/mol. The van der Waals surface area contributed by atoms with E-state index in [4.69, 9.17) is 9.47 Å².